The van der Waals surface area contributed by atoms with Crippen molar-refractivity contribution in [1.29, 1.82) is 0 Å². The highest BCUT2D eigenvalue weighted by atomic mass is 35.5. The number of nitrogens with two attached hydrogens (primary N) is 3. The van der Waals surface area contributed by atoms with E-state index in [2.05, 4.69) is 59.0 Å². The van der Waals surface area contributed by atoms with Gasteiger partial charge in [-0.25, -0.2) is 23.4 Å². The number of carbonyl (C=O) groups excluding carboxylic acids is 2. The van der Waals surface area contributed by atoms with Gasteiger partial charge in [-0.05, 0) is 42.0 Å². The van der Waals surface area contributed by atoms with Gasteiger partial charge in [0.25, 0.3) is 16.7 Å². The third-order valence-electron chi connectivity index (χ3n) is 16.4. The summed E-state index contributed by atoms with van der Waals surface area (Å²) < 4.78 is 75.0. The van der Waals surface area contributed by atoms with Crippen LogP contribution in [-0.2, 0) is 54.8 Å². The summed E-state index contributed by atoms with van der Waals surface area (Å²) in [6, 6.07) is 8.76. The van der Waals surface area contributed by atoms with E-state index < -0.39 is 20.6 Å². The van der Waals surface area contributed by atoms with Crippen molar-refractivity contribution in [2.45, 2.75) is 41.4 Å². The van der Waals surface area contributed by atoms with Crippen molar-refractivity contribution >= 4 is 147 Å². The first-order valence-electron chi connectivity index (χ1n) is 31.2. The van der Waals surface area contributed by atoms with Crippen molar-refractivity contribution in [3.63, 3.8) is 0 Å². The summed E-state index contributed by atoms with van der Waals surface area (Å²) in [6.45, 7) is 9.43. The SMILES string of the molecule is C=CC(=O)Cl.C=CC(=O)NC1COCC1Nc1ncc2cc(-c3c(Cl)c(OC)cc(OC)c3Cl)c(=O)n(C)c2n1.COc1cc(OC)c(Cl)c(-c2cc3cnc(NC4COCC4N)nc3n(C)c2=O)c1Cl.COc1cc(OC)c(Cl)c(-c2cc3cnc(S(C)(=O)=O)nc3n(C)c2=O)c1Cl.NC1COCC1N. The van der Waals surface area contributed by atoms with Crippen LogP contribution in [0.25, 0.3) is 66.5 Å². The van der Waals surface area contributed by atoms with Gasteiger partial charge in [0.1, 0.15) is 51.4 Å². The molecule has 3 saturated heterocycles. The van der Waals surface area contributed by atoms with Crippen LogP contribution in [-0.4, -0.2) is 188 Å². The Morgan fingerprint density at radius 1 is 0.491 bits per heavy atom. The van der Waals surface area contributed by atoms with Crippen LogP contribution in [0.4, 0.5) is 11.9 Å². The predicted molar refractivity (Wildman–Crippen MR) is 408 cm³/mol. The lowest BCUT2D eigenvalue weighted by Gasteiger charge is -2.20. The van der Waals surface area contributed by atoms with E-state index in [1.165, 1.54) is 87.8 Å². The van der Waals surface area contributed by atoms with E-state index in [-0.39, 0.29) is 139 Å². The van der Waals surface area contributed by atoms with Crippen LogP contribution in [0.15, 0.2) is 99.8 Å². The van der Waals surface area contributed by atoms with Crippen molar-refractivity contribution < 1.29 is 60.6 Å². The van der Waals surface area contributed by atoms with E-state index in [0.717, 1.165) is 12.3 Å². The number of benzene rings is 3. The average Bonchev–Trinajstić information content (AvgIpc) is 1.25. The third kappa shape index (κ3) is 18.4. The Bertz CT molecular complexity index is 5080. The van der Waals surface area contributed by atoms with Gasteiger partial charge in [0.05, 0.1) is 153 Å². The number of hydrogen-bond donors (Lipinski definition) is 6. The topological polar surface area (TPSA) is 409 Å². The molecule has 0 radical (unpaired) electrons. The second-order valence-electron chi connectivity index (χ2n) is 23.2. The maximum Gasteiger partial charge on any atom is 0.259 e. The largest absolute Gasteiger partial charge is 0.495 e. The van der Waals surface area contributed by atoms with Crippen molar-refractivity contribution in [3.8, 4) is 67.9 Å². The lowest BCUT2D eigenvalue weighted by molar-refractivity contribution is -0.117. The van der Waals surface area contributed by atoms with Gasteiger partial charge in [0.2, 0.25) is 38.0 Å². The van der Waals surface area contributed by atoms with Crippen LogP contribution in [0, 0.1) is 0 Å². The number of carbonyl (C=O) groups is 2. The minimum absolute atomic E-state index is 0.0694. The van der Waals surface area contributed by atoms with Crippen LogP contribution in [0.5, 0.6) is 34.5 Å². The molecular weight excluding hydrogens is 1550 g/mol. The molecule has 12 rings (SSSR count). The fourth-order valence-corrected chi connectivity index (χ4v) is 13.3. The maximum absolute atomic E-state index is 13.4. The summed E-state index contributed by atoms with van der Waals surface area (Å²) in [5.74, 6) is 2.22. The minimum atomic E-state index is -3.63. The second kappa shape index (κ2) is 36.3. The summed E-state index contributed by atoms with van der Waals surface area (Å²) in [5.41, 5.74) is 18.2. The molecule has 6 atom stereocenters. The van der Waals surface area contributed by atoms with Gasteiger partial charge in [0, 0.05) is 109 Å². The monoisotopic (exact) mass is 1620 g/mol. The molecule has 566 valence electrons. The second-order valence-corrected chi connectivity index (χ2v) is 27.8. The first kappa shape index (κ1) is 82.9. The van der Waals surface area contributed by atoms with Crippen LogP contribution < -0.4 is 78.3 Å². The Kier molecular flexibility index (Phi) is 28.4. The molecule has 3 aliphatic heterocycles. The number of nitrogens with one attached hydrogen (secondary N) is 3. The number of pyridine rings is 3. The van der Waals surface area contributed by atoms with E-state index >= 15 is 0 Å². The van der Waals surface area contributed by atoms with Crippen molar-refractivity contribution in [2.75, 3.05) is 99.2 Å². The fourth-order valence-electron chi connectivity index (χ4n) is 10.7. The zero-order chi connectivity index (χ0) is 77.9. The Hall–Kier alpha value is -8.71. The van der Waals surface area contributed by atoms with Gasteiger partial charge < -0.3 is 75.8 Å². The van der Waals surface area contributed by atoms with Gasteiger partial charge in [-0.1, -0.05) is 82.8 Å². The molecule has 0 spiro atoms. The van der Waals surface area contributed by atoms with Gasteiger partial charge in [-0.3, -0.25) is 37.7 Å². The fraction of sp³-hybridized carbons (Fsp3) is 0.328. The Morgan fingerprint density at radius 3 is 1.09 bits per heavy atom. The number of rotatable bonds is 17. The van der Waals surface area contributed by atoms with Gasteiger partial charge in [0.15, 0.2) is 0 Å². The van der Waals surface area contributed by atoms with Gasteiger partial charge >= 0.3 is 0 Å². The van der Waals surface area contributed by atoms with Crippen LogP contribution in [0.2, 0.25) is 30.1 Å². The normalized spacial score (nSPS) is 17.2. The number of methoxy groups -OCH3 is 6. The molecule has 1 amide bonds. The molecule has 106 heavy (non-hydrogen) atoms. The molecule has 3 aliphatic rings. The number of allylic oxidation sites excluding steroid dienone is 1. The smallest absolute Gasteiger partial charge is 0.259 e. The number of ether oxygens (including phenoxy) is 9. The van der Waals surface area contributed by atoms with E-state index in [4.69, 9.17) is 141 Å². The van der Waals surface area contributed by atoms with Gasteiger partial charge in [-0.2, -0.15) is 15.0 Å². The zero-order valence-corrected chi connectivity index (χ0v) is 64.4. The van der Waals surface area contributed by atoms with Crippen molar-refractivity contribution in [3.05, 3.63) is 141 Å². The first-order chi connectivity index (χ1) is 50.3. The van der Waals surface area contributed by atoms with Crippen molar-refractivity contribution in [1.82, 2.24) is 48.9 Å². The molecule has 9 heterocycles. The molecule has 0 bridgehead atoms. The maximum atomic E-state index is 13.4. The molecule has 6 unspecified atom stereocenters. The Balaban J connectivity index is 0.000000186. The molecule has 31 nitrogen and oxygen atoms in total. The molecular formula is C67H72Cl7N15O16S. The van der Waals surface area contributed by atoms with Crippen LogP contribution in [0.3, 0.4) is 0 Å². The zero-order valence-electron chi connectivity index (χ0n) is 58.3. The highest BCUT2D eigenvalue weighted by molar-refractivity contribution is 7.90. The molecule has 9 aromatic rings. The Labute approximate surface area is 640 Å². The number of hydrogen-bond acceptors (Lipinski definition) is 27. The lowest BCUT2D eigenvalue weighted by Crippen LogP contribution is -2.45. The van der Waals surface area contributed by atoms with Crippen molar-refractivity contribution in [2.24, 2.45) is 38.3 Å². The number of aromatic nitrogens is 9. The van der Waals surface area contributed by atoms with Crippen LogP contribution in [0.1, 0.15) is 0 Å². The summed E-state index contributed by atoms with van der Waals surface area (Å²) in [5, 5.41) is 11.0. The highest BCUT2D eigenvalue weighted by Gasteiger charge is 2.32. The third-order valence-corrected chi connectivity index (χ3v) is 19.6. The summed E-state index contributed by atoms with van der Waals surface area (Å²) in [4.78, 5) is 86.4. The van der Waals surface area contributed by atoms with E-state index in [9.17, 15) is 32.4 Å². The lowest BCUT2D eigenvalue weighted by atomic mass is 10.0. The quantitative estimate of drug-likeness (QED) is 0.0290. The molecule has 0 aliphatic carbocycles. The van der Waals surface area contributed by atoms with Gasteiger partial charge in [-0.15, -0.1) is 0 Å². The molecule has 9 N–H and O–H groups in total. The number of fused-ring (bicyclic) bond motifs is 3. The minimum Gasteiger partial charge on any atom is -0.495 e. The number of anilines is 2. The summed E-state index contributed by atoms with van der Waals surface area (Å²) in [6.07, 6.45) is 7.75. The number of nitrogens with zero attached hydrogens (tertiary/aromatic N) is 9. The number of halogens is 7. The number of aryl methyl sites for hydroxylation is 3. The summed E-state index contributed by atoms with van der Waals surface area (Å²) >= 11 is 43.6. The summed E-state index contributed by atoms with van der Waals surface area (Å²) in [7, 11) is 9.77. The van der Waals surface area contributed by atoms with E-state index in [1.807, 2.05) is 0 Å². The molecule has 3 fully saturated rings. The average molecular weight is 1620 g/mol. The number of amides is 1. The Morgan fingerprint density at radius 2 is 0.792 bits per heavy atom. The highest BCUT2D eigenvalue weighted by Crippen LogP contribution is 2.48. The van der Waals surface area contributed by atoms with Crippen LogP contribution >= 0.6 is 81.2 Å². The van der Waals surface area contributed by atoms with E-state index in [1.54, 1.807) is 50.8 Å². The standard InChI is InChI=1S/C23H23Cl2N5O5.C20H21Cl2N5O4.C17H15Cl2N3O5S.C4H10N2O.C3H3ClO/c1-5-17(31)27-13-9-35-10-14(13)28-23-26-8-11-6-12(22(32)30(2)21(11)29-23)18-19(24)15(33-3)7-16(34-4)20(18)25;1-27-18-9(6-24-20(26-18)25-12-8-31-7-11(12)23)4-10(19(27)28)15-16(21)13(29-2)5-14(30-3)17(15)22;1-22-15-8(7-20-17(21-15)28(4,24)25)5-9(16(22)23)12-13(18)10(26-2)6-11(27-3)14(12)19;5-3-1-7-2-4(3)6;1-2-3(4)5/h5-8,13-14H,1,9-10H2,2-4H3,(H,27,31)(H,26,28,29);4-6,11-12H,7-8,23H2,1-3H3,(H,24,25,26);5-7H,1-4H3;3-4H,1-2,5-6H2;2H,1H2. The first-order valence-corrected chi connectivity index (χ1v) is 35.7. The molecule has 0 saturated carbocycles. The molecule has 3 aromatic carbocycles. The number of sulfone groups is 1. The molecule has 39 heteroatoms. The molecule has 6 aromatic heterocycles. The predicted octanol–water partition coefficient (Wildman–Crippen LogP) is 7.59. The van der Waals surface area contributed by atoms with E-state index in [0.29, 0.717) is 102 Å².